The molecule has 0 radical (unpaired) electrons. The third-order valence-corrected chi connectivity index (χ3v) is 6.22. The number of carboxylic acid groups (broad SMARTS) is 1. The molecule has 0 aromatic carbocycles. The van der Waals surface area contributed by atoms with Gasteiger partial charge in [-0.3, -0.25) is 4.79 Å². The van der Waals surface area contributed by atoms with Crippen LogP contribution in [0.3, 0.4) is 0 Å². The molecule has 3 aromatic heterocycles. The Kier molecular flexibility index (Phi) is 7.69. The third-order valence-electron chi connectivity index (χ3n) is 6.22. The van der Waals surface area contributed by atoms with Crippen LogP contribution in [0.2, 0.25) is 0 Å². The summed E-state index contributed by atoms with van der Waals surface area (Å²) < 4.78 is 7.84. The van der Waals surface area contributed by atoms with E-state index in [4.69, 9.17) is 9.72 Å². The van der Waals surface area contributed by atoms with Crippen molar-refractivity contribution in [2.75, 3.05) is 5.32 Å². The highest BCUT2D eigenvalue weighted by atomic mass is 16.5. The van der Waals surface area contributed by atoms with E-state index in [1.54, 1.807) is 10.9 Å². The molecule has 0 bridgehead atoms. The van der Waals surface area contributed by atoms with Crippen LogP contribution in [-0.2, 0) is 24.8 Å². The van der Waals surface area contributed by atoms with E-state index in [1.807, 2.05) is 38.2 Å². The van der Waals surface area contributed by atoms with Gasteiger partial charge in [0.25, 0.3) is 0 Å². The molecule has 2 atom stereocenters. The zero-order valence-electron chi connectivity index (χ0n) is 20.1. The van der Waals surface area contributed by atoms with Crippen LogP contribution in [0, 0.1) is 12.8 Å². The maximum Gasteiger partial charge on any atom is 0.306 e. The SMILES string of the molecule is C=CCCc1ccnc(NCc2c(-c3ccc(O[C@H]4CCC[C@H](C(=O)O)C4)c(C)n3)nnn2C)n1. The lowest BCUT2D eigenvalue weighted by Crippen LogP contribution is -2.29. The number of rotatable bonds is 10. The standard InChI is InChI=1S/C25H31N7O3/c1-4-5-8-18-12-13-26-25(29-18)27-15-21-23(30-31-32(21)3)20-10-11-22(16(2)28-20)35-19-9-6-7-17(14-19)24(33)34/h4,10-13,17,19H,1,5-9,14-15H2,2-3H3,(H,33,34)(H,26,27,29)/t17-,19-/m0/s1. The van der Waals surface area contributed by atoms with Gasteiger partial charge in [-0.15, -0.1) is 11.7 Å². The second kappa shape index (κ2) is 11.1. The van der Waals surface area contributed by atoms with E-state index in [0.717, 1.165) is 42.8 Å². The number of aliphatic carboxylic acids is 1. The molecule has 1 fully saturated rings. The predicted molar refractivity (Wildman–Crippen MR) is 131 cm³/mol. The number of pyridine rings is 1. The van der Waals surface area contributed by atoms with Gasteiger partial charge in [-0.25, -0.2) is 19.6 Å². The van der Waals surface area contributed by atoms with Crippen molar-refractivity contribution in [1.29, 1.82) is 0 Å². The summed E-state index contributed by atoms with van der Waals surface area (Å²) in [5, 5.41) is 21.1. The van der Waals surface area contributed by atoms with Gasteiger partial charge in [0.05, 0.1) is 35.6 Å². The van der Waals surface area contributed by atoms with Gasteiger partial charge in [-0.1, -0.05) is 11.3 Å². The number of nitrogens with zero attached hydrogens (tertiary/aromatic N) is 6. The van der Waals surface area contributed by atoms with Gasteiger partial charge in [0.15, 0.2) is 0 Å². The Bertz CT molecular complexity index is 1190. The molecule has 0 spiro atoms. The van der Waals surface area contributed by atoms with Crippen LogP contribution in [0.25, 0.3) is 11.4 Å². The zero-order valence-corrected chi connectivity index (χ0v) is 20.1. The van der Waals surface area contributed by atoms with Crippen LogP contribution >= 0.6 is 0 Å². The number of ether oxygens (including phenoxy) is 1. The molecular weight excluding hydrogens is 446 g/mol. The van der Waals surface area contributed by atoms with E-state index < -0.39 is 5.97 Å². The highest BCUT2D eigenvalue weighted by Gasteiger charge is 2.28. The maximum absolute atomic E-state index is 11.4. The van der Waals surface area contributed by atoms with Gasteiger partial charge >= 0.3 is 5.97 Å². The number of nitrogens with one attached hydrogen (secondary N) is 1. The molecule has 1 saturated carbocycles. The van der Waals surface area contributed by atoms with Crippen molar-refractivity contribution in [1.82, 2.24) is 29.9 Å². The van der Waals surface area contributed by atoms with Gasteiger partial charge in [0.2, 0.25) is 5.95 Å². The molecule has 2 N–H and O–H groups in total. The largest absolute Gasteiger partial charge is 0.489 e. The molecule has 10 nitrogen and oxygen atoms in total. The average Bonchev–Trinajstić information content (AvgIpc) is 3.23. The fourth-order valence-electron chi connectivity index (χ4n) is 4.27. The predicted octanol–water partition coefficient (Wildman–Crippen LogP) is 3.73. The Morgan fingerprint density at radius 1 is 1.31 bits per heavy atom. The van der Waals surface area contributed by atoms with Crippen LogP contribution in [-0.4, -0.2) is 47.1 Å². The second-order valence-corrected chi connectivity index (χ2v) is 8.78. The fourth-order valence-corrected chi connectivity index (χ4v) is 4.27. The number of hydrogen-bond acceptors (Lipinski definition) is 8. The molecule has 0 saturated heterocycles. The van der Waals surface area contributed by atoms with Crippen LogP contribution in [0.1, 0.15) is 49.2 Å². The van der Waals surface area contributed by atoms with Gasteiger partial charge < -0.3 is 15.2 Å². The number of aromatic nitrogens is 6. The fraction of sp³-hybridized carbons (Fsp3) is 0.440. The normalized spacial score (nSPS) is 17.7. The molecule has 1 aliphatic carbocycles. The van der Waals surface area contributed by atoms with Crippen LogP contribution in [0.15, 0.2) is 37.1 Å². The Hall–Kier alpha value is -3.82. The Morgan fingerprint density at radius 3 is 2.94 bits per heavy atom. The summed E-state index contributed by atoms with van der Waals surface area (Å²) >= 11 is 0. The average molecular weight is 478 g/mol. The van der Waals surface area contributed by atoms with Crippen molar-refractivity contribution in [3.05, 3.63) is 54.1 Å². The molecule has 0 aliphatic heterocycles. The number of aryl methyl sites for hydroxylation is 3. The number of carboxylic acids is 1. The first kappa shape index (κ1) is 24.3. The summed E-state index contributed by atoms with van der Waals surface area (Å²) in [7, 11) is 1.83. The van der Waals surface area contributed by atoms with Crippen LogP contribution in [0.4, 0.5) is 5.95 Å². The number of allylic oxidation sites excluding steroid dienone is 1. The van der Waals surface area contributed by atoms with Gasteiger partial charge in [0, 0.05) is 18.9 Å². The molecule has 35 heavy (non-hydrogen) atoms. The molecule has 3 aromatic rings. The van der Waals surface area contributed by atoms with Crippen molar-refractivity contribution < 1.29 is 14.6 Å². The second-order valence-electron chi connectivity index (χ2n) is 8.78. The Morgan fingerprint density at radius 2 is 2.17 bits per heavy atom. The Balaban J connectivity index is 1.46. The maximum atomic E-state index is 11.4. The minimum atomic E-state index is -0.749. The van der Waals surface area contributed by atoms with Crippen molar-refractivity contribution in [3.63, 3.8) is 0 Å². The van der Waals surface area contributed by atoms with Crippen molar-refractivity contribution in [2.24, 2.45) is 13.0 Å². The van der Waals surface area contributed by atoms with E-state index in [9.17, 15) is 9.90 Å². The van der Waals surface area contributed by atoms with Crippen molar-refractivity contribution >= 4 is 11.9 Å². The smallest absolute Gasteiger partial charge is 0.306 e. The first-order valence-corrected chi connectivity index (χ1v) is 11.9. The van der Waals surface area contributed by atoms with E-state index in [1.165, 1.54) is 0 Å². The molecule has 3 heterocycles. The van der Waals surface area contributed by atoms with Crippen LogP contribution in [0.5, 0.6) is 5.75 Å². The van der Waals surface area contributed by atoms with E-state index in [2.05, 4.69) is 32.2 Å². The number of anilines is 1. The quantitative estimate of drug-likeness (QED) is 0.420. The third kappa shape index (κ3) is 6.00. The zero-order chi connectivity index (χ0) is 24.8. The molecule has 0 amide bonds. The summed E-state index contributed by atoms with van der Waals surface area (Å²) in [5.74, 6) is 0.112. The highest BCUT2D eigenvalue weighted by Crippen LogP contribution is 2.30. The highest BCUT2D eigenvalue weighted by molar-refractivity contribution is 5.70. The molecular formula is C25H31N7O3. The lowest BCUT2D eigenvalue weighted by atomic mass is 9.87. The summed E-state index contributed by atoms with van der Waals surface area (Å²) in [6.45, 7) is 6.07. The number of hydrogen-bond donors (Lipinski definition) is 2. The van der Waals surface area contributed by atoms with Crippen LogP contribution < -0.4 is 10.1 Å². The summed E-state index contributed by atoms with van der Waals surface area (Å²) in [6.07, 6.45) is 8.10. The van der Waals surface area contributed by atoms with Gasteiger partial charge in [0.1, 0.15) is 11.4 Å². The molecule has 1 aliphatic rings. The van der Waals surface area contributed by atoms with Gasteiger partial charge in [-0.05, 0) is 63.6 Å². The minimum Gasteiger partial charge on any atom is -0.489 e. The molecule has 0 unspecified atom stereocenters. The molecule has 184 valence electrons. The first-order valence-electron chi connectivity index (χ1n) is 11.9. The number of carbonyl (C=O) groups is 1. The molecule has 4 rings (SSSR count). The van der Waals surface area contributed by atoms with Crippen molar-refractivity contribution in [3.8, 4) is 17.1 Å². The Labute approximate surface area is 204 Å². The first-order chi connectivity index (χ1) is 16.9. The lowest BCUT2D eigenvalue weighted by Gasteiger charge is -2.27. The molecule has 10 heteroatoms. The van der Waals surface area contributed by atoms with Crippen molar-refractivity contribution in [2.45, 2.75) is 58.1 Å². The van der Waals surface area contributed by atoms with E-state index in [0.29, 0.717) is 42.5 Å². The lowest BCUT2D eigenvalue weighted by molar-refractivity contribution is -0.143. The monoisotopic (exact) mass is 477 g/mol. The summed E-state index contributed by atoms with van der Waals surface area (Å²) in [5.41, 5.74) is 3.88. The topological polar surface area (TPSA) is 128 Å². The van der Waals surface area contributed by atoms with E-state index in [-0.39, 0.29) is 12.0 Å². The minimum absolute atomic E-state index is 0.116. The summed E-state index contributed by atoms with van der Waals surface area (Å²) in [4.78, 5) is 24.9. The summed E-state index contributed by atoms with van der Waals surface area (Å²) in [6, 6.07) is 5.64. The van der Waals surface area contributed by atoms with E-state index >= 15 is 0 Å². The van der Waals surface area contributed by atoms with Gasteiger partial charge in [-0.2, -0.15) is 0 Å².